The van der Waals surface area contributed by atoms with Crippen LogP contribution in [0.25, 0.3) is 0 Å². The highest BCUT2D eigenvalue weighted by Gasteiger charge is 2.14. The molecule has 0 heterocycles. The third kappa shape index (κ3) is 5.41. The van der Waals surface area contributed by atoms with Gasteiger partial charge in [0.1, 0.15) is 6.29 Å². The van der Waals surface area contributed by atoms with Crippen LogP contribution in [0.3, 0.4) is 0 Å². The third-order valence-electron chi connectivity index (χ3n) is 3.57. The molecule has 0 saturated carbocycles. The maximum atomic E-state index is 12.0. The lowest BCUT2D eigenvalue weighted by Gasteiger charge is -2.17. The molecule has 0 aliphatic heterocycles. The van der Waals surface area contributed by atoms with Crippen molar-refractivity contribution in [3.63, 3.8) is 0 Å². The van der Waals surface area contributed by atoms with Gasteiger partial charge in [-0.05, 0) is 37.2 Å². The van der Waals surface area contributed by atoms with E-state index >= 15 is 0 Å². The van der Waals surface area contributed by atoms with Gasteiger partial charge in [0.2, 0.25) is 5.91 Å². The van der Waals surface area contributed by atoms with Gasteiger partial charge in [-0.15, -0.1) is 0 Å². The molecule has 1 aliphatic carbocycles. The van der Waals surface area contributed by atoms with Gasteiger partial charge in [0, 0.05) is 12.1 Å². The van der Waals surface area contributed by atoms with Gasteiger partial charge in [0.25, 0.3) is 0 Å². The first-order valence-electron chi connectivity index (χ1n) is 7.34. The Morgan fingerprint density at radius 3 is 2.42 bits per heavy atom. The van der Waals surface area contributed by atoms with Crippen LogP contribution in [0, 0.1) is 5.92 Å². The maximum absolute atomic E-state index is 12.0. The molecule has 0 radical (unpaired) electrons. The minimum Gasteiger partial charge on any atom is -0.352 e. The Hall–Kier alpha value is -1.38. The summed E-state index contributed by atoms with van der Waals surface area (Å²) in [4.78, 5) is 22.6. The first kappa shape index (κ1) is 15.7. The lowest BCUT2D eigenvalue weighted by atomic mass is 9.96. The molecule has 1 rings (SSSR count). The van der Waals surface area contributed by atoms with E-state index in [0.717, 1.165) is 36.8 Å². The van der Waals surface area contributed by atoms with Crippen molar-refractivity contribution in [1.82, 2.24) is 5.32 Å². The molecule has 0 fully saturated rings. The van der Waals surface area contributed by atoms with Crippen LogP contribution in [0.4, 0.5) is 0 Å². The monoisotopic (exact) mass is 263 g/mol. The molecule has 0 aromatic carbocycles. The smallest absolute Gasteiger partial charge is 0.247 e. The molecular formula is C16H25NO2. The molecule has 0 atom stereocenters. The molecule has 0 bridgehead atoms. The van der Waals surface area contributed by atoms with Crippen LogP contribution >= 0.6 is 0 Å². The average Bonchev–Trinajstić information content (AvgIpc) is 2.45. The second kappa shape index (κ2) is 8.68. The SMILES string of the molecule is CCCC(CCC)CNC(=O)C1=CC=C(C=O)CC1. The number of aldehydes is 1. The zero-order chi connectivity index (χ0) is 14.1. The van der Waals surface area contributed by atoms with Crippen LogP contribution in [0.15, 0.2) is 23.3 Å². The lowest BCUT2D eigenvalue weighted by molar-refractivity contribution is -0.118. The minimum atomic E-state index is 0.0263. The summed E-state index contributed by atoms with van der Waals surface area (Å²) in [5, 5.41) is 3.03. The van der Waals surface area contributed by atoms with E-state index in [9.17, 15) is 9.59 Å². The average molecular weight is 263 g/mol. The normalized spacial score (nSPS) is 14.9. The fraction of sp³-hybridized carbons (Fsp3) is 0.625. The second-order valence-electron chi connectivity index (χ2n) is 5.20. The highest BCUT2D eigenvalue weighted by Crippen LogP contribution is 2.17. The molecule has 3 nitrogen and oxygen atoms in total. The summed E-state index contributed by atoms with van der Waals surface area (Å²) in [6.07, 6.45) is 10.4. The van der Waals surface area contributed by atoms with Gasteiger partial charge in [0.15, 0.2) is 0 Å². The molecule has 1 N–H and O–H groups in total. The molecule has 0 spiro atoms. The van der Waals surface area contributed by atoms with Crippen molar-refractivity contribution >= 4 is 12.2 Å². The van der Waals surface area contributed by atoms with Gasteiger partial charge in [-0.3, -0.25) is 9.59 Å². The van der Waals surface area contributed by atoms with Gasteiger partial charge >= 0.3 is 0 Å². The van der Waals surface area contributed by atoms with Crippen LogP contribution in [0.5, 0.6) is 0 Å². The van der Waals surface area contributed by atoms with E-state index in [2.05, 4.69) is 19.2 Å². The van der Waals surface area contributed by atoms with Crippen molar-refractivity contribution in [1.29, 1.82) is 0 Å². The van der Waals surface area contributed by atoms with Gasteiger partial charge < -0.3 is 5.32 Å². The third-order valence-corrected chi connectivity index (χ3v) is 3.57. The molecule has 0 unspecified atom stereocenters. The zero-order valence-corrected chi connectivity index (χ0v) is 12.1. The summed E-state index contributed by atoms with van der Waals surface area (Å²) >= 11 is 0. The van der Waals surface area contributed by atoms with Gasteiger partial charge in [-0.25, -0.2) is 0 Å². The summed E-state index contributed by atoms with van der Waals surface area (Å²) in [6, 6.07) is 0. The summed E-state index contributed by atoms with van der Waals surface area (Å²) in [7, 11) is 0. The molecule has 19 heavy (non-hydrogen) atoms. The van der Waals surface area contributed by atoms with E-state index < -0.39 is 0 Å². The lowest BCUT2D eigenvalue weighted by Crippen LogP contribution is -2.30. The molecule has 0 aromatic heterocycles. The molecule has 106 valence electrons. The zero-order valence-electron chi connectivity index (χ0n) is 12.1. The van der Waals surface area contributed by atoms with Crippen LogP contribution in [0.1, 0.15) is 52.4 Å². The Balaban J connectivity index is 2.44. The Kier molecular flexibility index (Phi) is 7.16. The van der Waals surface area contributed by atoms with Gasteiger partial charge in [-0.2, -0.15) is 0 Å². The summed E-state index contributed by atoms with van der Waals surface area (Å²) < 4.78 is 0. The molecule has 0 saturated heterocycles. The van der Waals surface area contributed by atoms with Crippen molar-refractivity contribution in [2.24, 2.45) is 5.92 Å². The number of hydrogen-bond acceptors (Lipinski definition) is 2. The molecule has 0 aromatic rings. The Morgan fingerprint density at radius 1 is 1.26 bits per heavy atom. The van der Waals surface area contributed by atoms with E-state index in [1.807, 2.05) is 0 Å². The number of allylic oxidation sites excluding steroid dienone is 3. The highest BCUT2D eigenvalue weighted by molar-refractivity contribution is 5.94. The van der Waals surface area contributed by atoms with Crippen molar-refractivity contribution in [2.45, 2.75) is 52.4 Å². The number of nitrogens with one attached hydrogen (secondary N) is 1. The van der Waals surface area contributed by atoms with Crippen molar-refractivity contribution in [2.75, 3.05) is 6.54 Å². The van der Waals surface area contributed by atoms with Crippen molar-refractivity contribution < 1.29 is 9.59 Å². The van der Waals surface area contributed by atoms with Crippen LogP contribution in [-0.4, -0.2) is 18.7 Å². The Labute approximate surface area is 116 Å². The number of amides is 1. The van der Waals surface area contributed by atoms with Crippen molar-refractivity contribution in [3.8, 4) is 0 Å². The number of carbonyl (C=O) groups excluding carboxylic acids is 2. The topological polar surface area (TPSA) is 46.2 Å². The first-order chi connectivity index (χ1) is 9.21. The number of carbonyl (C=O) groups is 2. The predicted molar refractivity (Wildman–Crippen MR) is 77.8 cm³/mol. The largest absolute Gasteiger partial charge is 0.352 e. The van der Waals surface area contributed by atoms with E-state index in [0.29, 0.717) is 18.8 Å². The number of hydrogen-bond donors (Lipinski definition) is 1. The fourth-order valence-electron chi connectivity index (χ4n) is 2.46. The highest BCUT2D eigenvalue weighted by atomic mass is 16.1. The molecule has 1 aliphatic rings. The van der Waals surface area contributed by atoms with Crippen LogP contribution < -0.4 is 5.32 Å². The van der Waals surface area contributed by atoms with Crippen LogP contribution in [-0.2, 0) is 9.59 Å². The van der Waals surface area contributed by atoms with E-state index in [4.69, 9.17) is 0 Å². The fourth-order valence-corrected chi connectivity index (χ4v) is 2.46. The van der Waals surface area contributed by atoms with Gasteiger partial charge in [-0.1, -0.05) is 38.8 Å². The molecular weight excluding hydrogens is 238 g/mol. The molecule has 1 amide bonds. The summed E-state index contributed by atoms with van der Waals surface area (Å²) in [6.45, 7) is 5.13. The Morgan fingerprint density at radius 2 is 1.95 bits per heavy atom. The standard InChI is InChI=1S/C16H25NO2/c1-3-5-13(6-4-2)11-17-16(19)15-9-7-14(12-18)8-10-15/h7,9,12-13H,3-6,8,10-11H2,1-2H3,(H,17,19). The van der Waals surface area contributed by atoms with E-state index in [1.165, 1.54) is 12.8 Å². The van der Waals surface area contributed by atoms with Crippen molar-refractivity contribution in [3.05, 3.63) is 23.3 Å². The first-order valence-corrected chi connectivity index (χ1v) is 7.34. The maximum Gasteiger partial charge on any atom is 0.247 e. The molecule has 3 heteroatoms. The van der Waals surface area contributed by atoms with Crippen LogP contribution in [0.2, 0.25) is 0 Å². The Bertz CT molecular complexity index is 363. The van der Waals surface area contributed by atoms with E-state index in [1.54, 1.807) is 12.2 Å². The van der Waals surface area contributed by atoms with Gasteiger partial charge in [0.05, 0.1) is 0 Å². The summed E-state index contributed by atoms with van der Waals surface area (Å²) in [5.74, 6) is 0.614. The second-order valence-corrected chi connectivity index (χ2v) is 5.20. The number of rotatable bonds is 8. The minimum absolute atomic E-state index is 0.0263. The predicted octanol–water partition coefficient (Wildman–Crippen LogP) is 3.16. The summed E-state index contributed by atoms with van der Waals surface area (Å²) in [5.41, 5.74) is 1.56. The quantitative estimate of drug-likeness (QED) is 0.684. The van der Waals surface area contributed by atoms with E-state index in [-0.39, 0.29) is 5.91 Å².